The van der Waals surface area contributed by atoms with E-state index in [2.05, 4.69) is 20.9 Å². The highest BCUT2D eigenvalue weighted by Crippen LogP contribution is 2.47. The zero-order valence-corrected chi connectivity index (χ0v) is 30.3. The van der Waals surface area contributed by atoms with Gasteiger partial charge in [0.25, 0.3) is 0 Å². The number of carboxylic acid groups (broad SMARTS) is 1. The Morgan fingerprint density at radius 1 is 0.981 bits per heavy atom. The molecule has 3 fully saturated rings. The van der Waals surface area contributed by atoms with Crippen LogP contribution in [0.25, 0.3) is 33.5 Å². The summed E-state index contributed by atoms with van der Waals surface area (Å²) in [5.74, 6) is -1.88. The number of hydrogen-bond donors (Lipinski definition) is 3. The van der Waals surface area contributed by atoms with Crippen molar-refractivity contribution in [3.8, 4) is 22.6 Å². The average Bonchev–Trinajstić information content (AvgIpc) is 3.42. The number of ether oxygens (including phenoxy) is 1. The van der Waals surface area contributed by atoms with Crippen LogP contribution in [0.15, 0.2) is 60.7 Å². The highest BCUT2D eigenvalue weighted by molar-refractivity contribution is 5.96. The lowest BCUT2D eigenvalue weighted by molar-refractivity contribution is -0.146. The number of carboxylic acids is 1. The maximum atomic E-state index is 14.4. The maximum Gasteiger partial charge on any atom is 0.408 e. The fourth-order valence-corrected chi connectivity index (χ4v) is 7.70. The molecule has 14 heteroatoms. The smallest absolute Gasteiger partial charge is 0.408 e. The van der Waals surface area contributed by atoms with Crippen molar-refractivity contribution in [3.63, 3.8) is 0 Å². The number of carbonyl (C=O) groups is 4. The van der Waals surface area contributed by atoms with Gasteiger partial charge in [0, 0.05) is 29.5 Å². The third kappa shape index (κ3) is 7.72. The minimum absolute atomic E-state index is 0.0507. The number of nitrogens with zero attached hydrogens (tertiary/aromatic N) is 6. The van der Waals surface area contributed by atoms with E-state index in [1.807, 2.05) is 60.7 Å². The van der Waals surface area contributed by atoms with Crippen molar-refractivity contribution in [3.05, 3.63) is 60.7 Å². The Bertz CT molecular complexity index is 2010. The number of aliphatic carboxylic acids is 1. The number of pyridine rings is 1. The summed E-state index contributed by atoms with van der Waals surface area (Å²) in [7, 11) is 0. The van der Waals surface area contributed by atoms with E-state index in [0.29, 0.717) is 31.5 Å². The summed E-state index contributed by atoms with van der Waals surface area (Å²) in [6.07, 6.45) is 5.03. The van der Waals surface area contributed by atoms with Crippen LogP contribution < -0.4 is 10.6 Å². The lowest BCUT2D eigenvalue weighted by atomic mass is 10.0. The van der Waals surface area contributed by atoms with Gasteiger partial charge in [-0.3, -0.25) is 9.59 Å². The number of para-hydroxylation sites is 1. The van der Waals surface area contributed by atoms with Crippen molar-refractivity contribution in [2.45, 2.75) is 108 Å². The van der Waals surface area contributed by atoms with Gasteiger partial charge in [-0.2, -0.15) is 4.80 Å². The van der Waals surface area contributed by atoms with Gasteiger partial charge in [0.05, 0.1) is 17.3 Å². The molecule has 0 unspecified atom stereocenters. The first-order chi connectivity index (χ1) is 25.4. The van der Waals surface area contributed by atoms with Crippen molar-refractivity contribution in [1.82, 2.24) is 40.7 Å². The summed E-state index contributed by atoms with van der Waals surface area (Å²) in [5, 5.41) is 30.3. The SMILES string of the molecule is CC(C)(C)OC(=O)N[C@@H]1CCCCCCC[C@@H]2C[C@]2(C(=O)O)NC(=O)[C@@H]2C[C@@H](n3nnc(-c4cc(-c5ccccc5)nc5ccccc45)n3)CN2C1=O. The summed E-state index contributed by atoms with van der Waals surface area (Å²) in [6.45, 7) is 5.29. The first kappa shape index (κ1) is 36.0. The number of nitrogens with one attached hydrogen (secondary N) is 2. The van der Waals surface area contributed by atoms with Crippen LogP contribution in [-0.4, -0.2) is 88.8 Å². The molecule has 1 aliphatic carbocycles. The molecule has 2 aromatic carbocycles. The molecule has 7 rings (SSSR count). The van der Waals surface area contributed by atoms with E-state index in [-0.39, 0.29) is 18.9 Å². The number of aromatic nitrogens is 5. The fourth-order valence-electron chi connectivity index (χ4n) is 7.70. The van der Waals surface area contributed by atoms with E-state index in [4.69, 9.17) is 14.8 Å². The maximum absolute atomic E-state index is 14.4. The molecule has 278 valence electrons. The van der Waals surface area contributed by atoms with Crippen LogP contribution in [-0.2, 0) is 19.1 Å². The van der Waals surface area contributed by atoms with E-state index in [9.17, 15) is 24.3 Å². The third-order valence-corrected chi connectivity index (χ3v) is 10.5. The first-order valence-electron chi connectivity index (χ1n) is 18.5. The molecule has 2 aromatic heterocycles. The Morgan fingerprint density at radius 3 is 2.45 bits per heavy atom. The lowest BCUT2D eigenvalue weighted by Gasteiger charge is -2.30. The summed E-state index contributed by atoms with van der Waals surface area (Å²) in [6, 6.07) is 16.9. The van der Waals surface area contributed by atoms with Gasteiger partial charge in [0.1, 0.15) is 23.2 Å². The van der Waals surface area contributed by atoms with Crippen LogP contribution in [0.3, 0.4) is 0 Å². The molecule has 0 bridgehead atoms. The Kier molecular flexibility index (Phi) is 9.88. The third-order valence-electron chi connectivity index (χ3n) is 10.5. The van der Waals surface area contributed by atoms with Gasteiger partial charge >= 0.3 is 12.1 Å². The Morgan fingerprint density at radius 2 is 1.70 bits per heavy atom. The highest BCUT2D eigenvalue weighted by atomic mass is 16.6. The summed E-state index contributed by atoms with van der Waals surface area (Å²) < 4.78 is 5.51. The van der Waals surface area contributed by atoms with Gasteiger partial charge in [-0.1, -0.05) is 80.6 Å². The Hall–Kier alpha value is -5.40. The number of alkyl carbamates (subject to hydrolysis) is 1. The van der Waals surface area contributed by atoms with Gasteiger partial charge < -0.3 is 25.4 Å². The monoisotopic (exact) mass is 722 g/mol. The van der Waals surface area contributed by atoms with Gasteiger partial charge in [0.2, 0.25) is 17.6 Å². The quantitative estimate of drug-likeness (QED) is 0.245. The van der Waals surface area contributed by atoms with Crippen molar-refractivity contribution >= 4 is 34.8 Å². The number of fused-ring (bicyclic) bond motifs is 3. The number of amides is 3. The van der Waals surface area contributed by atoms with Gasteiger partial charge in [-0.15, -0.1) is 10.2 Å². The lowest BCUT2D eigenvalue weighted by Crippen LogP contribution is -2.56. The van der Waals surface area contributed by atoms with E-state index in [0.717, 1.165) is 53.4 Å². The van der Waals surface area contributed by atoms with Crippen LogP contribution >= 0.6 is 0 Å². The largest absolute Gasteiger partial charge is 0.479 e. The van der Waals surface area contributed by atoms with Crippen molar-refractivity contribution in [2.75, 3.05) is 6.54 Å². The molecule has 5 atom stereocenters. The number of tetrazole rings is 1. The Balaban J connectivity index is 1.21. The number of rotatable bonds is 5. The highest BCUT2D eigenvalue weighted by Gasteiger charge is 2.62. The van der Waals surface area contributed by atoms with Crippen LogP contribution in [0.5, 0.6) is 0 Å². The topological polar surface area (TPSA) is 182 Å². The normalized spacial score (nSPS) is 25.4. The zero-order valence-electron chi connectivity index (χ0n) is 30.3. The van der Waals surface area contributed by atoms with E-state index in [1.165, 1.54) is 9.70 Å². The van der Waals surface area contributed by atoms with Gasteiger partial charge in [0.15, 0.2) is 0 Å². The molecule has 53 heavy (non-hydrogen) atoms. The summed E-state index contributed by atoms with van der Waals surface area (Å²) in [4.78, 5) is 61.8. The van der Waals surface area contributed by atoms with E-state index in [1.54, 1.807) is 20.8 Å². The van der Waals surface area contributed by atoms with E-state index < -0.39 is 53.1 Å². The van der Waals surface area contributed by atoms with E-state index >= 15 is 0 Å². The van der Waals surface area contributed by atoms with Crippen LogP contribution in [0, 0.1) is 5.92 Å². The minimum atomic E-state index is -1.37. The molecule has 4 heterocycles. The van der Waals surface area contributed by atoms with Crippen molar-refractivity contribution in [1.29, 1.82) is 0 Å². The van der Waals surface area contributed by atoms with Crippen LogP contribution in [0.2, 0.25) is 0 Å². The Labute approximate surface area is 307 Å². The molecule has 2 aliphatic heterocycles. The molecule has 1 saturated carbocycles. The standard InChI is InChI=1S/C39H46N8O6/c1-38(2,3)53-37(52)41-30-19-11-6-4-5-10-16-25-22-39(25,36(50)51)42-34(48)32-20-26(23-46(32)35(30)49)47-44-33(43-45-47)28-21-31(24-14-8-7-9-15-24)40-29-18-13-12-17-27(28)29/h7-9,12-15,17-18,21,25-26,30,32H,4-6,10-11,16,19-20,22-23H2,1-3H3,(H,41,52)(H,42,48)(H,50,51)/t25-,26-,30-,32+,39+/m1/s1. The molecular formula is C39H46N8O6. The predicted octanol–water partition coefficient (Wildman–Crippen LogP) is 5.29. The second-order valence-electron chi connectivity index (χ2n) is 15.5. The molecule has 3 aliphatic rings. The number of hydrogen-bond acceptors (Lipinski definition) is 9. The number of benzene rings is 2. The van der Waals surface area contributed by atoms with Crippen LogP contribution in [0.4, 0.5) is 4.79 Å². The van der Waals surface area contributed by atoms with Crippen molar-refractivity contribution < 1.29 is 29.0 Å². The summed E-state index contributed by atoms with van der Waals surface area (Å²) in [5.41, 5.74) is 1.03. The first-order valence-corrected chi connectivity index (χ1v) is 18.5. The zero-order chi connectivity index (χ0) is 37.3. The van der Waals surface area contributed by atoms with Gasteiger partial charge in [-0.05, 0) is 63.3 Å². The van der Waals surface area contributed by atoms with Crippen LogP contribution in [0.1, 0.15) is 84.6 Å². The molecule has 3 amide bonds. The molecular weight excluding hydrogens is 676 g/mol. The van der Waals surface area contributed by atoms with Gasteiger partial charge in [-0.25, -0.2) is 14.6 Å². The molecule has 0 spiro atoms. The molecule has 0 radical (unpaired) electrons. The summed E-state index contributed by atoms with van der Waals surface area (Å²) >= 11 is 0. The number of carbonyl (C=O) groups excluding carboxylic acids is 3. The van der Waals surface area contributed by atoms with Crippen molar-refractivity contribution in [2.24, 2.45) is 5.92 Å². The minimum Gasteiger partial charge on any atom is -0.479 e. The average molecular weight is 723 g/mol. The predicted molar refractivity (Wildman–Crippen MR) is 195 cm³/mol. The molecule has 3 N–H and O–H groups in total. The fraction of sp³-hybridized carbons (Fsp3) is 0.487. The molecule has 4 aromatic rings. The second kappa shape index (κ2) is 14.6. The second-order valence-corrected chi connectivity index (χ2v) is 15.5. The molecule has 14 nitrogen and oxygen atoms in total. The molecule has 2 saturated heterocycles.